The molecule has 15 heteroatoms. The topological polar surface area (TPSA) is 148 Å². The molecular formula is C40H39FN10O4. The fourth-order valence-electron chi connectivity index (χ4n) is 8.17. The molecule has 7 heterocycles. The number of halogens is 1. The zero-order chi connectivity index (χ0) is 37.6. The molecule has 4 aliphatic heterocycles. The summed E-state index contributed by atoms with van der Waals surface area (Å²) in [5.41, 5.74) is 4.48. The summed E-state index contributed by atoms with van der Waals surface area (Å²) in [7, 11) is 0. The van der Waals surface area contributed by atoms with E-state index in [9.17, 15) is 23.6 Å². The Morgan fingerprint density at radius 1 is 0.818 bits per heavy atom. The van der Waals surface area contributed by atoms with E-state index in [0.29, 0.717) is 12.2 Å². The molecular weight excluding hydrogens is 704 g/mol. The standard InChI is InChI=1S/C40H39FN10O4/c41-26-5-1-4-25(22-26)31-7-3-16-49(31)36-13-12-34-43-24-33(51(34)46-36)30-6-2-8-35(44-30)48-20-18-47(19-21-48)17-15-42-27-9-10-28-29(23-27)40(55)50(39(28)54)32-11-14-37(52)45-38(32)53/h1-2,4-6,8-10,12-13,22-24,31-32,42H,3,7,11,14-21H2,(H,45,52,53)/t31-,32?/m1/s1. The van der Waals surface area contributed by atoms with Crippen LogP contribution in [0.2, 0.25) is 0 Å². The molecule has 2 aromatic carbocycles. The Hall–Kier alpha value is -6.22. The summed E-state index contributed by atoms with van der Waals surface area (Å²) >= 11 is 0. The van der Waals surface area contributed by atoms with Gasteiger partial charge in [0.25, 0.3) is 11.8 Å². The first-order valence-corrected chi connectivity index (χ1v) is 18.7. The van der Waals surface area contributed by atoms with Crippen LogP contribution in [0.15, 0.2) is 79.0 Å². The van der Waals surface area contributed by atoms with E-state index in [2.05, 4.69) is 30.3 Å². The summed E-state index contributed by atoms with van der Waals surface area (Å²) in [6, 6.07) is 20.9. The molecule has 280 valence electrons. The van der Waals surface area contributed by atoms with Gasteiger partial charge in [0, 0.05) is 57.9 Å². The van der Waals surface area contributed by atoms with Crippen molar-refractivity contribution in [3.05, 3.63) is 102 Å². The molecule has 5 aromatic rings. The Labute approximate surface area is 315 Å². The molecule has 1 unspecified atom stereocenters. The SMILES string of the molecule is O=C1CCC(N2C(=O)c3ccc(NCCN4CCN(c5cccc(-c6cnc7ccc(N8CCC[C@@H]8c8cccc(F)c8)nn67)n5)CC4)cc3C2=O)C(=O)N1. The Morgan fingerprint density at radius 3 is 2.49 bits per heavy atom. The van der Waals surface area contributed by atoms with E-state index in [0.717, 1.165) is 91.2 Å². The fraction of sp³-hybridized carbons (Fsp3) is 0.325. The minimum atomic E-state index is -0.989. The highest BCUT2D eigenvalue weighted by atomic mass is 19.1. The van der Waals surface area contributed by atoms with Gasteiger partial charge in [-0.3, -0.25) is 34.3 Å². The van der Waals surface area contributed by atoms with Crippen molar-refractivity contribution in [2.45, 2.75) is 37.8 Å². The van der Waals surface area contributed by atoms with Crippen LogP contribution in [0.5, 0.6) is 0 Å². The summed E-state index contributed by atoms with van der Waals surface area (Å²) < 4.78 is 15.9. The van der Waals surface area contributed by atoms with Crippen LogP contribution in [0.3, 0.4) is 0 Å². The summed E-state index contributed by atoms with van der Waals surface area (Å²) in [6.45, 7) is 5.53. The maximum absolute atomic E-state index is 14.1. The summed E-state index contributed by atoms with van der Waals surface area (Å²) in [5.74, 6) is -0.594. The lowest BCUT2D eigenvalue weighted by Gasteiger charge is -2.35. The van der Waals surface area contributed by atoms with Gasteiger partial charge in [-0.2, -0.15) is 0 Å². The highest BCUT2D eigenvalue weighted by Crippen LogP contribution is 2.36. The molecule has 0 spiro atoms. The lowest BCUT2D eigenvalue weighted by Crippen LogP contribution is -2.54. The molecule has 0 aliphatic carbocycles. The highest BCUT2D eigenvalue weighted by Gasteiger charge is 2.44. The number of anilines is 3. The number of hydrogen-bond donors (Lipinski definition) is 2. The number of imidazole rings is 1. The van der Waals surface area contributed by atoms with Gasteiger partial charge >= 0.3 is 0 Å². The number of rotatable bonds is 9. The Morgan fingerprint density at radius 2 is 1.65 bits per heavy atom. The summed E-state index contributed by atoms with van der Waals surface area (Å²) in [5, 5.41) is 10.6. The number of fused-ring (bicyclic) bond motifs is 2. The maximum atomic E-state index is 14.1. The average molecular weight is 743 g/mol. The lowest BCUT2D eigenvalue weighted by molar-refractivity contribution is -0.136. The number of hydrogen-bond acceptors (Lipinski definition) is 11. The van der Waals surface area contributed by atoms with Gasteiger partial charge in [0.1, 0.15) is 29.2 Å². The number of piperidine rings is 1. The van der Waals surface area contributed by atoms with E-state index in [4.69, 9.17) is 10.1 Å². The molecule has 55 heavy (non-hydrogen) atoms. The van der Waals surface area contributed by atoms with Gasteiger partial charge in [-0.05, 0) is 79.4 Å². The number of benzene rings is 2. The van der Waals surface area contributed by atoms with Crippen LogP contribution in [-0.4, -0.2) is 105 Å². The van der Waals surface area contributed by atoms with Crippen molar-refractivity contribution in [2.24, 2.45) is 0 Å². The van der Waals surface area contributed by atoms with Crippen molar-refractivity contribution in [2.75, 3.05) is 60.9 Å². The zero-order valence-electron chi connectivity index (χ0n) is 30.0. The first-order valence-electron chi connectivity index (χ1n) is 18.7. The van der Waals surface area contributed by atoms with E-state index in [1.807, 2.05) is 40.9 Å². The van der Waals surface area contributed by atoms with Gasteiger partial charge in [-0.15, -0.1) is 5.10 Å². The molecule has 0 bridgehead atoms. The molecule has 3 aromatic heterocycles. The Bertz CT molecular complexity index is 2340. The first-order chi connectivity index (χ1) is 26.8. The van der Waals surface area contributed by atoms with Gasteiger partial charge in [0.2, 0.25) is 11.8 Å². The molecule has 3 fully saturated rings. The fourth-order valence-corrected chi connectivity index (χ4v) is 8.17. The number of nitrogens with zero attached hydrogens (tertiary/aromatic N) is 8. The third-order valence-corrected chi connectivity index (χ3v) is 11.0. The minimum absolute atomic E-state index is 0.0557. The zero-order valence-corrected chi connectivity index (χ0v) is 30.0. The van der Waals surface area contributed by atoms with E-state index in [-0.39, 0.29) is 35.8 Å². The third-order valence-electron chi connectivity index (χ3n) is 11.0. The van der Waals surface area contributed by atoms with Gasteiger partial charge < -0.3 is 15.1 Å². The monoisotopic (exact) mass is 742 g/mol. The van der Waals surface area contributed by atoms with Gasteiger partial charge in [0.15, 0.2) is 5.65 Å². The van der Waals surface area contributed by atoms with Crippen molar-refractivity contribution in [3.63, 3.8) is 0 Å². The second kappa shape index (κ2) is 14.2. The van der Waals surface area contributed by atoms with E-state index in [1.165, 1.54) is 6.07 Å². The van der Waals surface area contributed by atoms with Gasteiger partial charge in [-0.1, -0.05) is 18.2 Å². The number of nitrogens with one attached hydrogen (secondary N) is 2. The smallest absolute Gasteiger partial charge is 0.262 e. The quantitative estimate of drug-likeness (QED) is 0.212. The minimum Gasteiger partial charge on any atom is -0.384 e. The molecule has 14 nitrogen and oxygen atoms in total. The van der Waals surface area contributed by atoms with Crippen LogP contribution in [0.4, 0.5) is 21.7 Å². The molecule has 2 atom stereocenters. The average Bonchev–Trinajstić information content (AvgIpc) is 3.92. The normalized spacial score (nSPS) is 20.4. The van der Waals surface area contributed by atoms with Crippen molar-refractivity contribution in [3.8, 4) is 11.4 Å². The predicted molar refractivity (Wildman–Crippen MR) is 202 cm³/mol. The van der Waals surface area contributed by atoms with Crippen molar-refractivity contribution in [1.29, 1.82) is 0 Å². The third kappa shape index (κ3) is 6.54. The highest BCUT2D eigenvalue weighted by molar-refractivity contribution is 6.23. The van der Waals surface area contributed by atoms with Crippen LogP contribution in [0.1, 0.15) is 58.0 Å². The van der Waals surface area contributed by atoms with Gasteiger partial charge in [0.05, 0.1) is 29.1 Å². The predicted octanol–water partition coefficient (Wildman–Crippen LogP) is 3.91. The molecule has 2 N–H and O–H groups in total. The second-order valence-electron chi connectivity index (χ2n) is 14.4. The number of carbonyl (C=O) groups is 4. The van der Waals surface area contributed by atoms with Crippen LogP contribution in [0, 0.1) is 5.82 Å². The van der Waals surface area contributed by atoms with Crippen LogP contribution >= 0.6 is 0 Å². The Kier molecular flexibility index (Phi) is 8.92. The largest absolute Gasteiger partial charge is 0.384 e. The number of aromatic nitrogens is 4. The first kappa shape index (κ1) is 34.5. The van der Waals surface area contributed by atoms with E-state index in [1.54, 1.807) is 36.5 Å². The van der Waals surface area contributed by atoms with Crippen molar-refractivity contribution < 1.29 is 23.6 Å². The van der Waals surface area contributed by atoms with Crippen LogP contribution in [-0.2, 0) is 9.59 Å². The summed E-state index contributed by atoms with van der Waals surface area (Å²) in [4.78, 5) is 67.7. The maximum Gasteiger partial charge on any atom is 0.262 e. The molecule has 0 radical (unpaired) electrons. The van der Waals surface area contributed by atoms with E-state index >= 15 is 0 Å². The Balaban J connectivity index is 0.814. The van der Waals surface area contributed by atoms with E-state index < -0.39 is 29.7 Å². The molecule has 3 saturated heterocycles. The number of carbonyl (C=O) groups excluding carboxylic acids is 4. The van der Waals surface area contributed by atoms with Gasteiger partial charge in [-0.25, -0.2) is 18.9 Å². The number of amides is 4. The number of imide groups is 2. The second-order valence-corrected chi connectivity index (χ2v) is 14.4. The van der Waals surface area contributed by atoms with Crippen molar-refractivity contribution >= 4 is 46.6 Å². The molecule has 4 aliphatic rings. The molecule has 9 rings (SSSR count). The van der Waals surface area contributed by atoms with Crippen molar-refractivity contribution in [1.82, 2.24) is 34.7 Å². The van der Waals surface area contributed by atoms with Crippen LogP contribution < -0.4 is 20.4 Å². The van der Waals surface area contributed by atoms with Crippen LogP contribution in [0.25, 0.3) is 17.0 Å². The molecule has 4 amide bonds. The summed E-state index contributed by atoms with van der Waals surface area (Å²) in [6.07, 6.45) is 3.94. The molecule has 0 saturated carbocycles. The lowest BCUT2D eigenvalue weighted by atomic mass is 10.0. The number of piperazine rings is 1. The number of pyridine rings is 1.